The lowest BCUT2D eigenvalue weighted by atomic mass is 9.23. The Hall–Kier alpha value is -0.795. The minimum Gasteiger partial charge on any atom is -0.403 e. The summed E-state index contributed by atoms with van der Waals surface area (Å²) in [6.07, 6.45) is 6.41. The first-order valence-corrected chi connectivity index (χ1v) is 8.66. The third-order valence-corrected chi connectivity index (χ3v) is 6.72. The van der Waals surface area contributed by atoms with Gasteiger partial charge in [0, 0.05) is 5.31 Å². The molecule has 0 N–H and O–H groups in total. The average Bonchev–Trinajstić information content (AvgIpc) is 2.56. The minimum absolute atomic E-state index is 0.0103. The molecule has 5 rings (SSSR count). The molecule has 0 unspecified atom stereocenters. The molecular formula is C19H27BO2. The third kappa shape index (κ3) is 2.01. The van der Waals surface area contributed by atoms with Gasteiger partial charge in [-0.2, -0.15) is 0 Å². The van der Waals surface area contributed by atoms with Crippen molar-refractivity contribution < 1.29 is 9.31 Å². The normalized spacial score (nSPS) is 37.5. The van der Waals surface area contributed by atoms with Gasteiger partial charge in [0.15, 0.2) is 0 Å². The largest absolute Gasteiger partial charge is 0.464 e. The molecule has 0 spiro atoms. The maximum absolute atomic E-state index is 6.29. The quantitative estimate of drug-likeness (QED) is 0.754. The van der Waals surface area contributed by atoms with E-state index in [9.17, 15) is 0 Å². The number of benzene rings is 1. The fourth-order valence-corrected chi connectivity index (χ4v) is 4.75. The summed E-state index contributed by atoms with van der Waals surface area (Å²) >= 11 is 0. The molecule has 3 heteroatoms. The molecule has 1 heterocycles. The van der Waals surface area contributed by atoms with Crippen LogP contribution in [0, 0.1) is 5.41 Å². The van der Waals surface area contributed by atoms with Crippen LogP contribution < -0.4 is 0 Å². The van der Waals surface area contributed by atoms with E-state index in [4.69, 9.17) is 9.31 Å². The average molecular weight is 298 g/mol. The molecule has 1 aromatic rings. The highest BCUT2D eigenvalue weighted by Crippen LogP contribution is 2.82. The van der Waals surface area contributed by atoms with Gasteiger partial charge in [0.1, 0.15) is 0 Å². The zero-order valence-corrected chi connectivity index (χ0v) is 14.3. The van der Waals surface area contributed by atoms with Crippen molar-refractivity contribution in [2.45, 2.75) is 76.3 Å². The van der Waals surface area contributed by atoms with E-state index in [1.807, 2.05) is 0 Å². The monoisotopic (exact) mass is 298 g/mol. The van der Waals surface area contributed by atoms with Crippen molar-refractivity contribution in [1.29, 1.82) is 0 Å². The molecule has 3 aliphatic carbocycles. The molecular weight excluding hydrogens is 271 g/mol. The van der Waals surface area contributed by atoms with Crippen molar-refractivity contribution in [3.8, 4) is 0 Å². The fraction of sp³-hybridized carbons (Fsp3) is 0.684. The van der Waals surface area contributed by atoms with Crippen LogP contribution in [0.4, 0.5) is 0 Å². The predicted molar refractivity (Wildman–Crippen MR) is 89.8 cm³/mol. The molecule has 3 saturated carbocycles. The lowest BCUT2D eigenvalue weighted by Crippen LogP contribution is -2.64. The van der Waals surface area contributed by atoms with Gasteiger partial charge in [0.05, 0.1) is 11.2 Å². The second-order valence-corrected chi connectivity index (χ2v) is 8.97. The molecule has 22 heavy (non-hydrogen) atoms. The van der Waals surface area contributed by atoms with Crippen LogP contribution in [0.3, 0.4) is 0 Å². The van der Waals surface area contributed by atoms with Crippen LogP contribution in [0.5, 0.6) is 0 Å². The van der Waals surface area contributed by atoms with E-state index >= 15 is 0 Å². The Morgan fingerprint density at radius 1 is 0.909 bits per heavy atom. The standard InChI is InChI=1S/C19H27BO2/c1-16(2)17(3,4)22-20(21-16)19-12-18(13-19,14-19)11-10-15-8-6-5-7-9-15/h5-9H,10-14H2,1-4H3. The van der Waals surface area contributed by atoms with Crippen LogP contribution in [0.2, 0.25) is 5.31 Å². The van der Waals surface area contributed by atoms with Crippen LogP contribution in [-0.2, 0) is 15.7 Å². The smallest absolute Gasteiger partial charge is 0.403 e. The number of hydrogen-bond acceptors (Lipinski definition) is 2. The Morgan fingerprint density at radius 3 is 2.00 bits per heavy atom. The summed E-state index contributed by atoms with van der Waals surface area (Å²) < 4.78 is 12.6. The summed E-state index contributed by atoms with van der Waals surface area (Å²) in [6, 6.07) is 10.9. The fourth-order valence-electron chi connectivity index (χ4n) is 4.75. The van der Waals surface area contributed by atoms with Gasteiger partial charge in [-0.15, -0.1) is 0 Å². The molecule has 0 atom stereocenters. The molecule has 0 amide bonds. The maximum atomic E-state index is 6.29. The highest BCUT2D eigenvalue weighted by Gasteiger charge is 2.75. The Morgan fingerprint density at radius 2 is 1.45 bits per heavy atom. The van der Waals surface area contributed by atoms with Crippen LogP contribution in [0.15, 0.2) is 30.3 Å². The molecule has 118 valence electrons. The van der Waals surface area contributed by atoms with E-state index in [1.165, 1.54) is 37.7 Å². The van der Waals surface area contributed by atoms with Gasteiger partial charge >= 0.3 is 7.12 Å². The Kier molecular flexibility index (Phi) is 2.95. The number of aryl methyl sites for hydroxylation is 1. The van der Waals surface area contributed by atoms with E-state index < -0.39 is 0 Å². The second kappa shape index (κ2) is 4.39. The lowest BCUT2D eigenvalue weighted by molar-refractivity contribution is -0.115. The van der Waals surface area contributed by atoms with Crippen molar-refractivity contribution >= 4 is 7.12 Å². The summed E-state index contributed by atoms with van der Waals surface area (Å²) in [5.74, 6) is 0. The van der Waals surface area contributed by atoms with E-state index in [2.05, 4.69) is 58.0 Å². The number of rotatable bonds is 4. The zero-order chi connectivity index (χ0) is 15.6. The highest BCUT2D eigenvalue weighted by molar-refractivity contribution is 6.51. The first kappa shape index (κ1) is 14.8. The second-order valence-electron chi connectivity index (χ2n) is 8.97. The van der Waals surface area contributed by atoms with Gasteiger partial charge in [-0.1, -0.05) is 30.3 Å². The summed E-state index contributed by atoms with van der Waals surface area (Å²) in [5.41, 5.74) is 1.67. The first-order chi connectivity index (χ1) is 10.3. The SMILES string of the molecule is CC1(C)OB(C23CC(CCc4ccccc4)(C2)C3)OC1(C)C. The highest BCUT2D eigenvalue weighted by atomic mass is 16.7. The third-order valence-electron chi connectivity index (χ3n) is 6.72. The Labute approximate surface area is 134 Å². The summed E-state index contributed by atoms with van der Waals surface area (Å²) in [5, 5.41) is 0.321. The van der Waals surface area contributed by atoms with Crippen LogP contribution in [-0.4, -0.2) is 18.3 Å². The van der Waals surface area contributed by atoms with Crippen LogP contribution >= 0.6 is 0 Å². The summed E-state index contributed by atoms with van der Waals surface area (Å²) in [4.78, 5) is 0. The predicted octanol–water partition coefficient (Wildman–Crippen LogP) is 4.64. The molecule has 4 aliphatic rings. The molecule has 1 aromatic carbocycles. The molecule has 4 fully saturated rings. The molecule has 2 nitrogen and oxygen atoms in total. The molecule has 1 saturated heterocycles. The minimum atomic E-state index is -0.190. The molecule has 1 aliphatic heterocycles. The lowest BCUT2D eigenvalue weighted by Gasteiger charge is -2.71. The van der Waals surface area contributed by atoms with E-state index in [-0.39, 0.29) is 18.3 Å². The van der Waals surface area contributed by atoms with Gasteiger partial charge in [-0.05, 0) is 70.8 Å². The Balaban J connectivity index is 1.35. The van der Waals surface area contributed by atoms with Crippen molar-refractivity contribution in [1.82, 2.24) is 0 Å². The molecule has 0 radical (unpaired) electrons. The van der Waals surface area contributed by atoms with Crippen LogP contribution in [0.1, 0.15) is 58.9 Å². The number of hydrogen-bond donors (Lipinski definition) is 0. The Bertz CT molecular complexity index is 543. The van der Waals surface area contributed by atoms with Gasteiger partial charge in [-0.3, -0.25) is 0 Å². The van der Waals surface area contributed by atoms with Gasteiger partial charge in [0.25, 0.3) is 0 Å². The van der Waals surface area contributed by atoms with Gasteiger partial charge in [-0.25, -0.2) is 0 Å². The van der Waals surface area contributed by atoms with E-state index in [0.717, 1.165) is 0 Å². The van der Waals surface area contributed by atoms with Gasteiger partial charge in [0.2, 0.25) is 0 Å². The van der Waals surface area contributed by atoms with Crippen molar-refractivity contribution in [3.63, 3.8) is 0 Å². The zero-order valence-electron chi connectivity index (χ0n) is 14.3. The molecule has 0 aromatic heterocycles. The van der Waals surface area contributed by atoms with E-state index in [1.54, 1.807) is 0 Å². The van der Waals surface area contributed by atoms with Crippen molar-refractivity contribution in [3.05, 3.63) is 35.9 Å². The topological polar surface area (TPSA) is 18.5 Å². The van der Waals surface area contributed by atoms with Crippen molar-refractivity contribution in [2.75, 3.05) is 0 Å². The van der Waals surface area contributed by atoms with Crippen molar-refractivity contribution in [2.24, 2.45) is 5.41 Å². The summed E-state index contributed by atoms with van der Waals surface area (Å²) in [6.45, 7) is 8.63. The maximum Gasteiger partial charge on any atom is 0.464 e. The van der Waals surface area contributed by atoms with Gasteiger partial charge < -0.3 is 9.31 Å². The van der Waals surface area contributed by atoms with Crippen LogP contribution in [0.25, 0.3) is 0 Å². The summed E-state index contributed by atoms with van der Waals surface area (Å²) in [7, 11) is 0.0103. The first-order valence-electron chi connectivity index (χ1n) is 8.66. The van der Waals surface area contributed by atoms with E-state index in [0.29, 0.717) is 10.7 Å². The molecule has 2 bridgehead atoms.